The molecule has 3 rings (SSSR count). The first kappa shape index (κ1) is 9.09. The molecule has 0 spiro atoms. The van der Waals surface area contributed by atoms with Gasteiger partial charge in [-0.2, -0.15) is 0 Å². The molecular weight excluding hydrogens is 202 g/mol. The third kappa shape index (κ3) is 1.15. The van der Waals surface area contributed by atoms with Crippen LogP contribution in [0.15, 0.2) is 41.4 Å². The largest absolute Gasteiger partial charge is 0.478 e. The summed E-state index contributed by atoms with van der Waals surface area (Å²) in [6.45, 7) is 0. The maximum absolute atomic E-state index is 11.1. The average Bonchev–Trinajstić information content (AvgIpc) is 2.66. The summed E-state index contributed by atoms with van der Waals surface area (Å²) in [4.78, 5) is 15.6. The molecule has 0 saturated carbocycles. The lowest BCUT2D eigenvalue weighted by atomic mass is 9.93. The van der Waals surface area contributed by atoms with Crippen LogP contribution in [0.3, 0.4) is 0 Å². The number of aromatic carboxylic acids is 1. The number of hydrogen-bond acceptors (Lipinski definition) is 2. The highest BCUT2D eigenvalue weighted by molar-refractivity contribution is 6.31. The molecule has 1 heterocycles. The van der Waals surface area contributed by atoms with Crippen LogP contribution in [0.4, 0.5) is 5.69 Å². The zero-order valence-electron chi connectivity index (χ0n) is 8.47. The summed E-state index contributed by atoms with van der Waals surface area (Å²) in [5.41, 5.74) is 3.78. The molecule has 0 atom stereocenters. The Morgan fingerprint density at radius 1 is 1.38 bits per heavy atom. The van der Waals surface area contributed by atoms with Crippen LogP contribution in [0, 0.1) is 0 Å². The van der Waals surface area contributed by atoms with E-state index in [1.54, 1.807) is 12.1 Å². The number of carboxylic acid groups (broad SMARTS) is 1. The van der Waals surface area contributed by atoms with Gasteiger partial charge >= 0.3 is 5.97 Å². The zero-order chi connectivity index (χ0) is 11.1. The van der Waals surface area contributed by atoms with Gasteiger partial charge in [-0.25, -0.2) is 4.79 Å². The number of nitrogens with zero attached hydrogens (tertiary/aromatic N) is 1. The van der Waals surface area contributed by atoms with Gasteiger partial charge in [0.25, 0.3) is 0 Å². The van der Waals surface area contributed by atoms with E-state index in [0.717, 1.165) is 29.0 Å². The van der Waals surface area contributed by atoms with Gasteiger partial charge in [-0.3, -0.25) is 4.99 Å². The second-order valence-corrected chi connectivity index (χ2v) is 3.78. The standard InChI is InChI=1S/C13H9NO2/c15-13(16)9-5-3-7-11-12(9)8-4-1-2-6-10(8)14-11/h1-5,7H,6H2,(H,15,16). The van der Waals surface area contributed by atoms with Crippen LogP contribution in [0.25, 0.3) is 5.57 Å². The molecule has 16 heavy (non-hydrogen) atoms. The van der Waals surface area contributed by atoms with Crippen LogP contribution < -0.4 is 0 Å². The van der Waals surface area contributed by atoms with Crippen LogP contribution in [0.5, 0.6) is 0 Å². The van der Waals surface area contributed by atoms with Gasteiger partial charge in [0.2, 0.25) is 0 Å². The molecule has 1 aromatic carbocycles. The molecule has 0 saturated heterocycles. The highest BCUT2D eigenvalue weighted by Crippen LogP contribution is 2.39. The Morgan fingerprint density at radius 3 is 3.06 bits per heavy atom. The fraction of sp³-hybridized carbons (Fsp3) is 0.0769. The lowest BCUT2D eigenvalue weighted by Gasteiger charge is -2.08. The Bertz CT molecular complexity index is 580. The number of benzene rings is 1. The minimum Gasteiger partial charge on any atom is -0.478 e. The number of rotatable bonds is 1. The molecule has 0 aromatic heterocycles. The smallest absolute Gasteiger partial charge is 0.336 e. The summed E-state index contributed by atoms with van der Waals surface area (Å²) in [6.07, 6.45) is 6.68. The van der Waals surface area contributed by atoms with Crippen LogP contribution in [0.2, 0.25) is 0 Å². The Kier molecular flexibility index (Phi) is 1.80. The topological polar surface area (TPSA) is 49.7 Å². The summed E-state index contributed by atoms with van der Waals surface area (Å²) in [7, 11) is 0. The minimum absolute atomic E-state index is 0.331. The van der Waals surface area contributed by atoms with Gasteiger partial charge in [-0.05, 0) is 12.1 Å². The van der Waals surface area contributed by atoms with E-state index in [1.807, 2.05) is 24.3 Å². The second-order valence-electron chi connectivity index (χ2n) is 3.78. The maximum Gasteiger partial charge on any atom is 0.336 e. The molecule has 2 aliphatic rings. The fourth-order valence-corrected chi connectivity index (χ4v) is 2.12. The lowest BCUT2D eigenvalue weighted by Crippen LogP contribution is -2.04. The van der Waals surface area contributed by atoms with Crippen molar-refractivity contribution in [2.24, 2.45) is 4.99 Å². The highest BCUT2D eigenvalue weighted by atomic mass is 16.4. The zero-order valence-corrected chi connectivity index (χ0v) is 8.47. The van der Waals surface area contributed by atoms with Gasteiger partial charge in [0.1, 0.15) is 0 Å². The van der Waals surface area contributed by atoms with Crippen LogP contribution >= 0.6 is 0 Å². The minimum atomic E-state index is -0.899. The van der Waals surface area contributed by atoms with E-state index >= 15 is 0 Å². The van der Waals surface area contributed by atoms with Crippen molar-refractivity contribution >= 4 is 22.9 Å². The molecule has 3 nitrogen and oxygen atoms in total. The molecule has 0 fully saturated rings. The predicted octanol–water partition coefficient (Wildman–Crippen LogP) is 2.81. The van der Waals surface area contributed by atoms with E-state index in [-0.39, 0.29) is 0 Å². The van der Waals surface area contributed by atoms with Gasteiger partial charge in [0.15, 0.2) is 0 Å². The molecule has 3 heteroatoms. The first-order chi connectivity index (χ1) is 7.77. The summed E-state index contributed by atoms with van der Waals surface area (Å²) in [5, 5.41) is 9.14. The first-order valence-corrected chi connectivity index (χ1v) is 5.09. The number of allylic oxidation sites excluding steroid dienone is 4. The number of hydrogen-bond donors (Lipinski definition) is 1. The molecule has 0 amide bonds. The van der Waals surface area contributed by atoms with Crippen LogP contribution in [-0.2, 0) is 0 Å². The molecule has 1 N–H and O–H groups in total. The van der Waals surface area contributed by atoms with Crippen molar-refractivity contribution in [2.75, 3.05) is 0 Å². The van der Waals surface area contributed by atoms with Crippen molar-refractivity contribution in [3.63, 3.8) is 0 Å². The van der Waals surface area contributed by atoms with E-state index in [9.17, 15) is 4.79 Å². The number of carboxylic acids is 1. The molecule has 0 bridgehead atoms. The quantitative estimate of drug-likeness (QED) is 0.776. The first-order valence-electron chi connectivity index (χ1n) is 5.09. The molecule has 1 aliphatic heterocycles. The number of carbonyl (C=O) groups is 1. The van der Waals surface area contributed by atoms with Crippen LogP contribution in [-0.4, -0.2) is 16.8 Å². The monoisotopic (exact) mass is 211 g/mol. The highest BCUT2D eigenvalue weighted by Gasteiger charge is 2.25. The van der Waals surface area contributed by atoms with Crippen molar-refractivity contribution in [3.05, 3.63) is 47.6 Å². The Morgan fingerprint density at radius 2 is 2.25 bits per heavy atom. The molecule has 0 unspecified atom stereocenters. The van der Waals surface area contributed by atoms with Crippen molar-refractivity contribution in [3.8, 4) is 0 Å². The molecule has 1 aliphatic carbocycles. The maximum atomic E-state index is 11.1. The van der Waals surface area contributed by atoms with Gasteiger partial charge in [-0.1, -0.05) is 24.3 Å². The van der Waals surface area contributed by atoms with Crippen molar-refractivity contribution < 1.29 is 9.90 Å². The molecular formula is C13H9NO2. The van der Waals surface area contributed by atoms with E-state index in [0.29, 0.717) is 5.56 Å². The summed E-state index contributed by atoms with van der Waals surface area (Å²) in [5.74, 6) is -0.899. The van der Waals surface area contributed by atoms with E-state index in [2.05, 4.69) is 4.99 Å². The Balaban J connectivity index is 2.28. The molecule has 0 radical (unpaired) electrons. The lowest BCUT2D eigenvalue weighted by molar-refractivity contribution is 0.0696. The van der Waals surface area contributed by atoms with Gasteiger partial charge in [-0.15, -0.1) is 0 Å². The number of fused-ring (bicyclic) bond motifs is 3. The van der Waals surface area contributed by atoms with Crippen LogP contribution in [0.1, 0.15) is 22.3 Å². The fourth-order valence-electron chi connectivity index (χ4n) is 2.12. The number of aliphatic imine (C=N–C) groups is 1. The van der Waals surface area contributed by atoms with Crippen molar-refractivity contribution in [1.82, 2.24) is 0 Å². The van der Waals surface area contributed by atoms with Crippen molar-refractivity contribution in [1.29, 1.82) is 0 Å². The van der Waals surface area contributed by atoms with E-state index in [4.69, 9.17) is 5.11 Å². The summed E-state index contributed by atoms with van der Waals surface area (Å²) in [6, 6.07) is 5.21. The second kappa shape index (κ2) is 3.17. The predicted molar refractivity (Wildman–Crippen MR) is 62.2 cm³/mol. The van der Waals surface area contributed by atoms with Crippen molar-refractivity contribution in [2.45, 2.75) is 6.42 Å². The van der Waals surface area contributed by atoms with Gasteiger partial charge in [0, 0.05) is 17.6 Å². The normalized spacial score (nSPS) is 16.2. The summed E-state index contributed by atoms with van der Waals surface area (Å²) < 4.78 is 0. The molecule has 1 aromatic rings. The third-order valence-corrected chi connectivity index (χ3v) is 2.82. The van der Waals surface area contributed by atoms with Gasteiger partial charge < -0.3 is 5.11 Å². The summed E-state index contributed by atoms with van der Waals surface area (Å²) >= 11 is 0. The van der Waals surface area contributed by atoms with E-state index < -0.39 is 5.97 Å². The van der Waals surface area contributed by atoms with Gasteiger partial charge in [0.05, 0.1) is 17.0 Å². The Labute approximate surface area is 92.4 Å². The van der Waals surface area contributed by atoms with E-state index in [1.165, 1.54) is 0 Å². The third-order valence-electron chi connectivity index (χ3n) is 2.82. The molecule has 78 valence electrons. The Hall–Kier alpha value is -2.16. The SMILES string of the molecule is O=C(O)c1cccc2c1C1=CC=CCC1=N2. The average molecular weight is 211 g/mol.